The van der Waals surface area contributed by atoms with E-state index in [2.05, 4.69) is 10.1 Å². The highest BCUT2D eigenvalue weighted by Crippen LogP contribution is 2.28. The monoisotopic (exact) mass is 243 g/mol. The van der Waals surface area contributed by atoms with E-state index in [-0.39, 0.29) is 5.84 Å². The first-order valence-electron chi connectivity index (χ1n) is 6.07. The highest BCUT2D eigenvalue weighted by molar-refractivity contribution is 5.88. The number of nitrogens with zero attached hydrogens (tertiary/aromatic N) is 2. The maximum Gasteiger partial charge on any atom is 0.171 e. The van der Waals surface area contributed by atoms with Gasteiger partial charge in [0.2, 0.25) is 0 Å². The summed E-state index contributed by atoms with van der Waals surface area (Å²) in [6.07, 6.45) is 2.62. The van der Waals surface area contributed by atoms with Gasteiger partial charge in [0.15, 0.2) is 5.84 Å². The van der Waals surface area contributed by atoms with Gasteiger partial charge in [-0.3, -0.25) is 4.90 Å². The Morgan fingerprint density at radius 1 is 1.53 bits per heavy atom. The number of hydrogen-bond donors (Lipinski definition) is 2. The highest BCUT2D eigenvalue weighted by atomic mass is 16.5. The van der Waals surface area contributed by atoms with Gasteiger partial charge in [-0.05, 0) is 19.3 Å². The van der Waals surface area contributed by atoms with Gasteiger partial charge in [-0.2, -0.15) is 0 Å². The van der Waals surface area contributed by atoms with Gasteiger partial charge < -0.3 is 20.4 Å². The molecule has 3 N–H and O–H groups in total. The first kappa shape index (κ1) is 12.6. The molecule has 2 fully saturated rings. The molecule has 0 bridgehead atoms. The fraction of sp³-hybridized carbons (Fsp3) is 0.909. The van der Waals surface area contributed by atoms with Gasteiger partial charge in [0, 0.05) is 32.8 Å². The van der Waals surface area contributed by atoms with Crippen LogP contribution in [0.2, 0.25) is 0 Å². The number of amidine groups is 1. The van der Waals surface area contributed by atoms with Crippen molar-refractivity contribution >= 4 is 5.84 Å². The maximum atomic E-state index is 8.81. The van der Waals surface area contributed by atoms with E-state index in [9.17, 15) is 0 Å². The Balaban J connectivity index is 1.95. The zero-order valence-corrected chi connectivity index (χ0v) is 10.3. The summed E-state index contributed by atoms with van der Waals surface area (Å²) in [7, 11) is 1.62. The predicted octanol–water partition coefficient (Wildman–Crippen LogP) is 0.00270. The van der Waals surface area contributed by atoms with Crippen LogP contribution < -0.4 is 5.73 Å². The van der Waals surface area contributed by atoms with E-state index in [4.69, 9.17) is 20.4 Å². The first-order valence-corrected chi connectivity index (χ1v) is 6.07. The van der Waals surface area contributed by atoms with Crippen molar-refractivity contribution in [3.63, 3.8) is 0 Å². The minimum Gasteiger partial charge on any atom is -0.409 e. The van der Waals surface area contributed by atoms with E-state index >= 15 is 0 Å². The Hall–Kier alpha value is -0.850. The quantitative estimate of drug-likeness (QED) is 0.316. The van der Waals surface area contributed by atoms with Crippen molar-refractivity contribution in [3.8, 4) is 0 Å². The van der Waals surface area contributed by atoms with Crippen LogP contribution in [-0.2, 0) is 9.47 Å². The predicted molar refractivity (Wildman–Crippen MR) is 63.2 cm³/mol. The number of rotatable bonds is 3. The lowest BCUT2D eigenvalue weighted by atomic mass is 9.89. The van der Waals surface area contributed by atoms with Crippen LogP contribution in [0.3, 0.4) is 0 Å². The summed E-state index contributed by atoms with van der Waals surface area (Å²) >= 11 is 0. The van der Waals surface area contributed by atoms with Crippen LogP contribution in [-0.4, -0.2) is 61.0 Å². The molecule has 6 heteroatoms. The van der Waals surface area contributed by atoms with E-state index in [1.807, 2.05) is 0 Å². The van der Waals surface area contributed by atoms with Crippen LogP contribution in [0.5, 0.6) is 0 Å². The van der Waals surface area contributed by atoms with Gasteiger partial charge in [-0.15, -0.1) is 0 Å². The second-order valence-corrected chi connectivity index (χ2v) is 4.74. The van der Waals surface area contributed by atoms with Crippen LogP contribution >= 0.6 is 0 Å². The van der Waals surface area contributed by atoms with Crippen LogP contribution in [0.4, 0.5) is 0 Å². The standard InChI is InChI=1S/C11H21N3O3/c1-16-11(10(12)13-15)3-5-14(6-4-11)9-2-7-17-8-9/h9,15H,2-8H2,1H3,(H2,12,13). The fourth-order valence-electron chi connectivity index (χ4n) is 2.72. The maximum absolute atomic E-state index is 8.81. The van der Waals surface area contributed by atoms with Crippen LogP contribution in [0.25, 0.3) is 0 Å². The van der Waals surface area contributed by atoms with Gasteiger partial charge >= 0.3 is 0 Å². The molecular weight excluding hydrogens is 222 g/mol. The van der Waals surface area contributed by atoms with Gasteiger partial charge in [0.1, 0.15) is 5.60 Å². The Kier molecular flexibility index (Phi) is 3.86. The summed E-state index contributed by atoms with van der Waals surface area (Å²) in [6.45, 7) is 3.48. The molecule has 2 aliphatic rings. The summed E-state index contributed by atoms with van der Waals surface area (Å²) in [4.78, 5) is 2.41. The molecule has 2 saturated heterocycles. The third kappa shape index (κ3) is 2.38. The molecule has 0 aromatic rings. The molecule has 0 aliphatic carbocycles. The molecule has 2 rings (SSSR count). The number of likely N-dealkylation sites (tertiary alicyclic amines) is 1. The number of oxime groups is 1. The Morgan fingerprint density at radius 3 is 2.71 bits per heavy atom. The third-order valence-corrected chi connectivity index (χ3v) is 3.99. The summed E-state index contributed by atoms with van der Waals surface area (Å²) < 4.78 is 10.9. The number of ether oxygens (including phenoxy) is 2. The fourth-order valence-corrected chi connectivity index (χ4v) is 2.72. The largest absolute Gasteiger partial charge is 0.409 e. The zero-order valence-electron chi connectivity index (χ0n) is 10.3. The molecule has 0 aromatic heterocycles. The first-order chi connectivity index (χ1) is 8.22. The smallest absolute Gasteiger partial charge is 0.171 e. The number of methoxy groups -OCH3 is 1. The van der Waals surface area contributed by atoms with Gasteiger partial charge in [-0.25, -0.2) is 0 Å². The highest BCUT2D eigenvalue weighted by Gasteiger charge is 2.40. The number of nitrogens with two attached hydrogens (primary N) is 1. The summed E-state index contributed by atoms with van der Waals surface area (Å²) in [5.74, 6) is 0.183. The Morgan fingerprint density at radius 2 is 2.24 bits per heavy atom. The Labute approximate surface area is 101 Å². The summed E-state index contributed by atoms with van der Waals surface area (Å²) in [5.41, 5.74) is 5.13. The Bertz CT molecular complexity index is 282. The van der Waals surface area contributed by atoms with E-state index in [0.717, 1.165) is 45.6 Å². The number of hydrogen-bond acceptors (Lipinski definition) is 5. The zero-order chi connectivity index (χ0) is 12.3. The molecule has 0 radical (unpaired) electrons. The molecule has 17 heavy (non-hydrogen) atoms. The van der Waals surface area contributed by atoms with Gasteiger partial charge in [0.05, 0.1) is 6.61 Å². The van der Waals surface area contributed by atoms with Crippen LogP contribution in [0.15, 0.2) is 5.16 Å². The second-order valence-electron chi connectivity index (χ2n) is 4.74. The molecule has 2 heterocycles. The molecule has 1 atom stereocenters. The molecule has 2 aliphatic heterocycles. The third-order valence-electron chi connectivity index (χ3n) is 3.99. The van der Waals surface area contributed by atoms with Crippen molar-refractivity contribution in [2.24, 2.45) is 10.9 Å². The average molecular weight is 243 g/mol. The topological polar surface area (TPSA) is 80.3 Å². The normalized spacial score (nSPS) is 30.6. The molecule has 0 amide bonds. The molecule has 98 valence electrons. The minimum absolute atomic E-state index is 0.183. The van der Waals surface area contributed by atoms with Crippen molar-refractivity contribution in [3.05, 3.63) is 0 Å². The minimum atomic E-state index is -0.593. The lowest BCUT2D eigenvalue weighted by Gasteiger charge is -2.41. The van der Waals surface area contributed by atoms with Crippen molar-refractivity contribution in [2.45, 2.75) is 30.9 Å². The second kappa shape index (κ2) is 5.20. The van der Waals surface area contributed by atoms with Gasteiger partial charge in [-0.1, -0.05) is 5.16 Å². The summed E-state index contributed by atoms with van der Waals surface area (Å²) in [6, 6.07) is 0.525. The van der Waals surface area contributed by atoms with E-state index in [0.29, 0.717) is 6.04 Å². The molecular formula is C11H21N3O3. The van der Waals surface area contributed by atoms with Crippen molar-refractivity contribution in [1.82, 2.24) is 4.90 Å². The molecule has 6 nitrogen and oxygen atoms in total. The van der Waals surface area contributed by atoms with E-state index in [1.54, 1.807) is 7.11 Å². The van der Waals surface area contributed by atoms with Crippen LogP contribution in [0, 0.1) is 0 Å². The molecule has 1 unspecified atom stereocenters. The lowest BCUT2D eigenvalue weighted by Crippen LogP contribution is -2.55. The molecule has 0 spiro atoms. The lowest BCUT2D eigenvalue weighted by molar-refractivity contribution is -0.0178. The molecule has 0 saturated carbocycles. The average Bonchev–Trinajstić information content (AvgIpc) is 2.91. The molecule has 0 aromatic carbocycles. The van der Waals surface area contributed by atoms with Crippen molar-refractivity contribution in [2.75, 3.05) is 33.4 Å². The van der Waals surface area contributed by atoms with Gasteiger partial charge in [0.25, 0.3) is 0 Å². The van der Waals surface area contributed by atoms with Crippen LogP contribution in [0.1, 0.15) is 19.3 Å². The van der Waals surface area contributed by atoms with E-state index < -0.39 is 5.60 Å². The van der Waals surface area contributed by atoms with Crippen molar-refractivity contribution in [1.29, 1.82) is 0 Å². The summed E-state index contributed by atoms with van der Waals surface area (Å²) in [5, 5.41) is 11.9. The SMILES string of the molecule is COC1(C(N)=NO)CCN(C2CCOC2)CC1. The van der Waals surface area contributed by atoms with Crippen molar-refractivity contribution < 1.29 is 14.7 Å². The van der Waals surface area contributed by atoms with E-state index in [1.165, 1.54) is 0 Å². The number of piperidine rings is 1.